The Labute approximate surface area is 150 Å². The Kier molecular flexibility index (Phi) is 6.96. The molecule has 2 aromatic rings. The van der Waals surface area contributed by atoms with Crippen LogP contribution in [0.3, 0.4) is 0 Å². The minimum atomic E-state index is -0.535. The maximum absolute atomic E-state index is 11.8. The van der Waals surface area contributed by atoms with E-state index in [0.717, 1.165) is 17.0 Å². The van der Waals surface area contributed by atoms with E-state index in [1.54, 1.807) is 7.11 Å². The van der Waals surface area contributed by atoms with Crippen LogP contribution in [0.15, 0.2) is 29.4 Å². The number of carbonyl (C=O) groups is 2. The van der Waals surface area contributed by atoms with Crippen molar-refractivity contribution in [3.8, 4) is 11.4 Å². The van der Waals surface area contributed by atoms with Gasteiger partial charge in [-0.25, -0.2) is 4.79 Å². The van der Waals surface area contributed by atoms with E-state index >= 15 is 0 Å². The average molecular weight is 363 g/mol. The molecule has 0 bridgehead atoms. The monoisotopic (exact) mass is 363 g/mol. The number of urea groups is 1. The molecule has 0 aliphatic carbocycles. The van der Waals surface area contributed by atoms with Gasteiger partial charge in [-0.3, -0.25) is 14.7 Å². The number of hydrogen-bond donors (Lipinski definition) is 2. The van der Waals surface area contributed by atoms with Crippen molar-refractivity contribution >= 4 is 23.7 Å². The van der Waals surface area contributed by atoms with Gasteiger partial charge in [-0.15, -0.1) is 10.2 Å². The summed E-state index contributed by atoms with van der Waals surface area (Å²) >= 11 is 1.22. The van der Waals surface area contributed by atoms with Crippen LogP contribution in [-0.2, 0) is 16.1 Å². The normalized spacial score (nSPS) is 10.5. The number of nitrogens with one attached hydrogen (secondary N) is 2. The third-order valence-electron chi connectivity index (χ3n) is 3.32. The molecule has 0 aliphatic rings. The summed E-state index contributed by atoms with van der Waals surface area (Å²) in [7, 11) is 3.07. The van der Waals surface area contributed by atoms with Crippen molar-refractivity contribution in [1.29, 1.82) is 0 Å². The zero-order chi connectivity index (χ0) is 18.2. The first-order valence-corrected chi connectivity index (χ1v) is 8.67. The molecular weight excluding hydrogens is 342 g/mol. The molecule has 0 fully saturated rings. The number of nitrogens with zero attached hydrogens (tertiary/aromatic N) is 3. The Morgan fingerprint density at radius 1 is 1.32 bits per heavy atom. The number of hydrogen-bond acceptors (Lipinski definition) is 6. The van der Waals surface area contributed by atoms with Crippen molar-refractivity contribution in [1.82, 2.24) is 25.4 Å². The van der Waals surface area contributed by atoms with Crippen LogP contribution >= 0.6 is 11.8 Å². The Balaban J connectivity index is 2.17. The Morgan fingerprint density at radius 3 is 2.80 bits per heavy atom. The van der Waals surface area contributed by atoms with E-state index in [2.05, 4.69) is 20.8 Å². The zero-order valence-corrected chi connectivity index (χ0v) is 15.2. The van der Waals surface area contributed by atoms with Crippen LogP contribution in [-0.4, -0.2) is 53.2 Å². The lowest BCUT2D eigenvalue weighted by atomic mass is 10.1. The van der Waals surface area contributed by atoms with Gasteiger partial charge < -0.3 is 10.1 Å². The highest BCUT2D eigenvalue weighted by molar-refractivity contribution is 7.99. The van der Waals surface area contributed by atoms with Crippen LogP contribution in [0, 0.1) is 6.92 Å². The van der Waals surface area contributed by atoms with E-state index in [1.807, 2.05) is 35.8 Å². The van der Waals surface area contributed by atoms with Gasteiger partial charge in [0.2, 0.25) is 5.91 Å². The smallest absolute Gasteiger partial charge is 0.321 e. The first kappa shape index (κ1) is 18.9. The zero-order valence-electron chi connectivity index (χ0n) is 14.4. The summed E-state index contributed by atoms with van der Waals surface area (Å²) in [4.78, 5) is 22.9. The van der Waals surface area contributed by atoms with E-state index < -0.39 is 11.9 Å². The first-order chi connectivity index (χ1) is 12.0. The third kappa shape index (κ3) is 5.30. The summed E-state index contributed by atoms with van der Waals surface area (Å²) in [5.41, 5.74) is 2.07. The molecule has 0 aliphatic heterocycles. The van der Waals surface area contributed by atoms with E-state index in [9.17, 15) is 9.59 Å². The van der Waals surface area contributed by atoms with E-state index in [-0.39, 0.29) is 5.75 Å². The Hall–Kier alpha value is -2.39. The molecule has 0 radical (unpaired) electrons. The van der Waals surface area contributed by atoms with Gasteiger partial charge in [0.15, 0.2) is 11.0 Å². The largest absolute Gasteiger partial charge is 0.383 e. The highest BCUT2D eigenvalue weighted by Crippen LogP contribution is 2.24. The summed E-state index contributed by atoms with van der Waals surface area (Å²) in [5.74, 6) is 0.379. The summed E-state index contributed by atoms with van der Waals surface area (Å²) in [6.07, 6.45) is 0. The number of benzene rings is 1. The van der Waals surface area contributed by atoms with Crippen LogP contribution in [0.4, 0.5) is 4.79 Å². The maximum atomic E-state index is 11.8. The molecule has 2 N–H and O–H groups in total. The van der Waals surface area contributed by atoms with Crippen molar-refractivity contribution in [3.05, 3.63) is 29.8 Å². The van der Waals surface area contributed by atoms with Crippen LogP contribution in [0.1, 0.15) is 5.56 Å². The van der Waals surface area contributed by atoms with Gasteiger partial charge in [0, 0.05) is 19.7 Å². The standard InChI is InChI=1S/C16H21N5O3S/c1-11-5-4-6-12(9-11)14-19-20-16(21(14)7-8-24-3)25-10-13(22)18-15(23)17-2/h4-6,9H,7-8,10H2,1-3H3,(H2,17,18,22,23). The number of rotatable bonds is 7. The quantitative estimate of drug-likeness (QED) is 0.723. The molecule has 2 rings (SSSR count). The number of methoxy groups -OCH3 is 1. The van der Waals surface area contributed by atoms with Gasteiger partial charge in [-0.2, -0.15) is 0 Å². The number of aryl methyl sites for hydroxylation is 1. The molecule has 1 heterocycles. The van der Waals surface area contributed by atoms with Gasteiger partial charge in [-0.05, 0) is 13.0 Å². The summed E-state index contributed by atoms with van der Waals surface area (Å²) < 4.78 is 7.07. The predicted molar refractivity (Wildman–Crippen MR) is 95.4 cm³/mol. The Morgan fingerprint density at radius 2 is 2.12 bits per heavy atom. The molecule has 0 atom stereocenters. The number of amides is 3. The first-order valence-electron chi connectivity index (χ1n) is 7.68. The number of thioether (sulfide) groups is 1. The van der Waals surface area contributed by atoms with Crippen LogP contribution < -0.4 is 10.6 Å². The summed E-state index contributed by atoms with van der Waals surface area (Å²) in [5, 5.41) is 13.6. The van der Waals surface area contributed by atoms with E-state index in [4.69, 9.17) is 4.74 Å². The lowest BCUT2D eigenvalue weighted by Crippen LogP contribution is -2.38. The average Bonchev–Trinajstić information content (AvgIpc) is 3.00. The molecule has 134 valence electrons. The molecule has 8 nitrogen and oxygen atoms in total. The van der Waals surface area contributed by atoms with Crippen LogP contribution in [0.2, 0.25) is 0 Å². The fraction of sp³-hybridized carbons (Fsp3) is 0.375. The van der Waals surface area contributed by atoms with Crippen molar-refractivity contribution in [3.63, 3.8) is 0 Å². The Bertz CT molecular complexity index is 747. The van der Waals surface area contributed by atoms with Gasteiger partial charge in [-0.1, -0.05) is 35.5 Å². The van der Waals surface area contributed by atoms with Crippen LogP contribution in [0.25, 0.3) is 11.4 Å². The minimum Gasteiger partial charge on any atom is -0.383 e. The van der Waals surface area contributed by atoms with Crippen molar-refractivity contribution in [2.45, 2.75) is 18.6 Å². The molecule has 0 saturated carbocycles. The molecule has 1 aromatic carbocycles. The summed E-state index contributed by atoms with van der Waals surface area (Å²) in [6, 6.07) is 7.43. The SMILES string of the molecule is CNC(=O)NC(=O)CSc1nnc(-c2cccc(C)c2)n1CCOC. The molecular formula is C16H21N5O3S. The molecule has 0 unspecified atom stereocenters. The molecule has 25 heavy (non-hydrogen) atoms. The number of imide groups is 1. The second kappa shape index (κ2) is 9.19. The predicted octanol–water partition coefficient (Wildman–Crippen LogP) is 1.45. The van der Waals surface area contributed by atoms with E-state index in [1.165, 1.54) is 18.8 Å². The molecule has 9 heteroatoms. The fourth-order valence-corrected chi connectivity index (χ4v) is 2.90. The highest BCUT2D eigenvalue weighted by Gasteiger charge is 2.16. The number of aromatic nitrogens is 3. The minimum absolute atomic E-state index is 0.0619. The second-order valence-corrected chi connectivity index (χ2v) is 6.18. The molecule has 1 aromatic heterocycles. The fourth-order valence-electron chi connectivity index (χ4n) is 2.13. The molecule has 0 saturated heterocycles. The summed E-state index contributed by atoms with van der Waals surface area (Å²) in [6.45, 7) is 3.07. The third-order valence-corrected chi connectivity index (χ3v) is 4.29. The maximum Gasteiger partial charge on any atom is 0.321 e. The van der Waals surface area contributed by atoms with Crippen molar-refractivity contribution in [2.75, 3.05) is 26.5 Å². The number of carbonyl (C=O) groups excluding carboxylic acids is 2. The van der Waals surface area contributed by atoms with Gasteiger partial charge >= 0.3 is 6.03 Å². The van der Waals surface area contributed by atoms with E-state index in [0.29, 0.717) is 18.3 Å². The lowest BCUT2D eigenvalue weighted by Gasteiger charge is -2.10. The topological polar surface area (TPSA) is 98.1 Å². The molecule has 0 spiro atoms. The molecule has 3 amide bonds. The van der Waals surface area contributed by atoms with Crippen LogP contribution in [0.5, 0.6) is 0 Å². The van der Waals surface area contributed by atoms with Crippen molar-refractivity contribution in [2.24, 2.45) is 0 Å². The second-order valence-electron chi connectivity index (χ2n) is 5.24. The van der Waals surface area contributed by atoms with Crippen molar-refractivity contribution < 1.29 is 14.3 Å². The van der Waals surface area contributed by atoms with Gasteiger partial charge in [0.25, 0.3) is 0 Å². The van der Waals surface area contributed by atoms with Gasteiger partial charge in [0.1, 0.15) is 0 Å². The lowest BCUT2D eigenvalue weighted by molar-refractivity contribution is -0.117. The number of ether oxygens (including phenoxy) is 1. The van der Waals surface area contributed by atoms with Gasteiger partial charge in [0.05, 0.1) is 18.9 Å². The highest BCUT2D eigenvalue weighted by atomic mass is 32.2.